The van der Waals surface area contributed by atoms with Gasteiger partial charge in [0.25, 0.3) is 5.91 Å². The zero-order valence-corrected chi connectivity index (χ0v) is 16.4. The molecule has 0 radical (unpaired) electrons. The molecule has 0 bridgehead atoms. The molecule has 3 aromatic carbocycles. The zero-order chi connectivity index (χ0) is 20.9. The van der Waals surface area contributed by atoms with Gasteiger partial charge in [0.1, 0.15) is 11.5 Å². The lowest BCUT2D eigenvalue weighted by Crippen LogP contribution is -2.17. The Morgan fingerprint density at radius 1 is 1.00 bits per heavy atom. The van der Waals surface area contributed by atoms with Crippen molar-refractivity contribution in [2.24, 2.45) is 5.10 Å². The second-order valence-electron chi connectivity index (χ2n) is 6.43. The number of carbonyl (C=O) groups excluding carboxylic acids is 1. The number of hydrazone groups is 1. The van der Waals surface area contributed by atoms with E-state index in [0.29, 0.717) is 21.8 Å². The lowest BCUT2D eigenvalue weighted by Gasteiger charge is -2.01. The fraction of sp³-hybridized carbons (Fsp3) is 0. The molecular formula is C23H16ClFN4O. The van der Waals surface area contributed by atoms with E-state index >= 15 is 0 Å². The first-order valence-corrected chi connectivity index (χ1v) is 9.48. The molecule has 0 aliphatic rings. The molecular weight excluding hydrogens is 403 g/mol. The second kappa shape index (κ2) is 8.71. The fourth-order valence-electron chi connectivity index (χ4n) is 2.85. The number of benzene rings is 3. The third kappa shape index (κ3) is 4.45. The van der Waals surface area contributed by atoms with Crippen molar-refractivity contribution in [3.63, 3.8) is 0 Å². The highest BCUT2D eigenvalue weighted by Gasteiger charge is 2.12. The summed E-state index contributed by atoms with van der Waals surface area (Å²) in [6.45, 7) is 0. The SMILES string of the molecule is O=C(NN=Cc1cn(-c2ccccc2)nc1-c1ccc(F)cc1)c1ccc(Cl)cc1. The molecule has 0 fully saturated rings. The summed E-state index contributed by atoms with van der Waals surface area (Å²) in [4.78, 5) is 12.2. The molecule has 1 amide bonds. The van der Waals surface area contributed by atoms with E-state index in [-0.39, 0.29) is 11.7 Å². The maximum atomic E-state index is 13.3. The van der Waals surface area contributed by atoms with Crippen molar-refractivity contribution in [3.8, 4) is 16.9 Å². The van der Waals surface area contributed by atoms with E-state index in [1.807, 2.05) is 30.3 Å². The molecule has 1 heterocycles. The van der Waals surface area contributed by atoms with Crippen LogP contribution in [-0.4, -0.2) is 21.9 Å². The molecule has 0 atom stereocenters. The normalized spacial score (nSPS) is 11.0. The number of amides is 1. The molecule has 0 unspecified atom stereocenters. The number of carbonyl (C=O) groups is 1. The van der Waals surface area contributed by atoms with Gasteiger partial charge in [-0.3, -0.25) is 4.79 Å². The quantitative estimate of drug-likeness (QED) is 0.362. The minimum atomic E-state index is -0.360. The number of nitrogens with zero attached hydrogens (tertiary/aromatic N) is 3. The first kappa shape index (κ1) is 19.5. The van der Waals surface area contributed by atoms with Crippen LogP contribution in [0.2, 0.25) is 5.02 Å². The van der Waals surface area contributed by atoms with Crippen LogP contribution in [0.25, 0.3) is 16.9 Å². The van der Waals surface area contributed by atoms with Crippen molar-refractivity contribution < 1.29 is 9.18 Å². The van der Waals surface area contributed by atoms with Gasteiger partial charge in [-0.05, 0) is 60.7 Å². The number of rotatable bonds is 5. The molecule has 0 saturated heterocycles. The van der Waals surface area contributed by atoms with Gasteiger partial charge in [-0.25, -0.2) is 14.5 Å². The van der Waals surface area contributed by atoms with E-state index in [0.717, 1.165) is 11.3 Å². The third-order valence-electron chi connectivity index (χ3n) is 4.36. The molecule has 148 valence electrons. The molecule has 0 spiro atoms. The summed E-state index contributed by atoms with van der Waals surface area (Å²) < 4.78 is 15.1. The van der Waals surface area contributed by atoms with Crippen molar-refractivity contribution in [2.45, 2.75) is 0 Å². The first-order chi connectivity index (χ1) is 14.6. The standard InChI is InChI=1S/C23H16ClFN4O/c24-19-10-6-17(7-11-19)23(30)27-26-14-18-15-29(21-4-2-1-3-5-21)28-22(18)16-8-12-20(25)13-9-16/h1-15H,(H,27,30). The average molecular weight is 419 g/mol. The van der Waals surface area contributed by atoms with E-state index in [4.69, 9.17) is 11.6 Å². The van der Waals surface area contributed by atoms with Crippen LogP contribution in [0.3, 0.4) is 0 Å². The highest BCUT2D eigenvalue weighted by molar-refractivity contribution is 6.30. The maximum absolute atomic E-state index is 13.3. The number of nitrogens with one attached hydrogen (secondary N) is 1. The minimum Gasteiger partial charge on any atom is -0.267 e. The Morgan fingerprint density at radius 2 is 1.70 bits per heavy atom. The number of halogens is 2. The Balaban J connectivity index is 1.63. The van der Waals surface area contributed by atoms with E-state index in [1.54, 1.807) is 47.3 Å². The smallest absolute Gasteiger partial charge is 0.267 e. The van der Waals surface area contributed by atoms with Crippen LogP contribution in [-0.2, 0) is 0 Å². The van der Waals surface area contributed by atoms with E-state index < -0.39 is 0 Å². The highest BCUT2D eigenvalue weighted by Crippen LogP contribution is 2.23. The number of para-hydroxylation sites is 1. The van der Waals surface area contributed by atoms with Crippen molar-refractivity contribution in [1.29, 1.82) is 0 Å². The molecule has 0 aliphatic carbocycles. The molecule has 0 aliphatic heterocycles. The molecule has 30 heavy (non-hydrogen) atoms. The fourth-order valence-corrected chi connectivity index (χ4v) is 2.98. The van der Waals surface area contributed by atoms with Gasteiger partial charge in [0, 0.05) is 27.9 Å². The van der Waals surface area contributed by atoms with Gasteiger partial charge in [-0.2, -0.15) is 10.2 Å². The predicted molar refractivity (Wildman–Crippen MR) is 115 cm³/mol. The highest BCUT2D eigenvalue weighted by atomic mass is 35.5. The topological polar surface area (TPSA) is 59.3 Å². The predicted octanol–water partition coefficient (Wildman–Crippen LogP) is 5.10. The van der Waals surface area contributed by atoms with Gasteiger partial charge in [0.15, 0.2) is 0 Å². The summed E-state index contributed by atoms with van der Waals surface area (Å²) in [5.74, 6) is -0.687. The van der Waals surface area contributed by atoms with Crippen LogP contribution in [0.1, 0.15) is 15.9 Å². The monoisotopic (exact) mass is 418 g/mol. The Bertz CT molecular complexity index is 1190. The van der Waals surface area contributed by atoms with E-state index in [2.05, 4.69) is 15.6 Å². The number of hydrogen-bond acceptors (Lipinski definition) is 3. The van der Waals surface area contributed by atoms with Crippen LogP contribution in [0.15, 0.2) is 90.2 Å². The average Bonchev–Trinajstić information content (AvgIpc) is 3.19. The summed E-state index contributed by atoms with van der Waals surface area (Å²) in [5.41, 5.74) is 5.82. The molecule has 0 saturated carbocycles. The Morgan fingerprint density at radius 3 is 2.40 bits per heavy atom. The van der Waals surface area contributed by atoms with Crippen molar-refractivity contribution in [1.82, 2.24) is 15.2 Å². The largest absolute Gasteiger partial charge is 0.271 e. The van der Waals surface area contributed by atoms with Crippen LogP contribution >= 0.6 is 11.6 Å². The molecule has 4 rings (SSSR count). The van der Waals surface area contributed by atoms with Crippen LogP contribution in [0.4, 0.5) is 4.39 Å². The van der Waals surface area contributed by atoms with Crippen LogP contribution in [0, 0.1) is 5.82 Å². The van der Waals surface area contributed by atoms with Gasteiger partial charge in [0.2, 0.25) is 0 Å². The Labute approximate surface area is 177 Å². The van der Waals surface area contributed by atoms with Gasteiger partial charge in [-0.1, -0.05) is 29.8 Å². The van der Waals surface area contributed by atoms with Crippen molar-refractivity contribution >= 4 is 23.7 Å². The van der Waals surface area contributed by atoms with Crippen molar-refractivity contribution in [3.05, 3.63) is 107 Å². The number of aromatic nitrogens is 2. The first-order valence-electron chi connectivity index (χ1n) is 9.10. The van der Waals surface area contributed by atoms with Gasteiger partial charge in [-0.15, -0.1) is 0 Å². The molecule has 7 heteroatoms. The summed E-state index contributed by atoms with van der Waals surface area (Å²) >= 11 is 5.84. The van der Waals surface area contributed by atoms with E-state index in [9.17, 15) is 9.18 Å². The molecule has 4 aromatic rings. The lowest BCUT2D eigenvalue weighted by atomic mass is 10.1. The summed E-state index contributed by atoms with van der Waals surface area (Å²) in [7, 11) is 0. The van der Waals surface area contributed by atoms with Crippen LogP contribution < -0.4 is 5.43 Å². The summed E-state index contributed by atoms with van der Waals surface area (Å²) in [6, 6.07) is 22.1. The minimum absolute atomic E-state index is 0.327. The zero-order valence-electron chi connectivity index (χ0n) is 15.7. The number of hydrogen-bond donors (Lipinski definition) is 1. The molecule has 1 N–H and O–H groups in total. The Hall–Kier alpha value is -3.77. The Kier molecular flexibility index (Phi) is 5.68. The third-order valence-corrected chi connectivity index (χ3v) is 4.61. The lowest BCUT2D eigenvalue weighted by molar-refractivity contribution is 0.0955. The molecule has 5 nitrogen and oxygen atoms in total. The summed E-state index contributed by atoms with van der Waals surface area (Å²) in [5, 5.41) is 9.24. The van der Waals surface area contributed by atoms with Crippen molar-refractivity contribution in [2.75, 3.05) is 0 Å². The van der Waals surface area contributed by atoms with Gasteiger partial charge >= 0.3 is 0 Å². The van der Waals surface area contributed by atoms with Gasteiger partial charge in [0.05, 0.1) is 11.9 Å². The summed E-state index contributed by atoms with van der Waals surface area (Å²) in [6.07, 6.45) is 3.31. The van der Waals surface area contributed by atoms with Gasteiger partial charge < -0.3 is 0 Å². The van der Waals surface area contributed by atoms with E-state index in [1.165, 1.54) is 18.3 Å². The maximum Gasteiger partial charge on any atom is 0.271 e. The molecule has 1 aromatic heterocycles. The van der Waals surface area contributed by atoms with Crippen LogP contribution in [0.5, 0.6) is 0 Å². The second-order valence-corrected chi connectivity index (χ2v) is 6.86.